The van der Waals surface area contributed by atoms with Crippen molar-refractivity contribution in [2.45, 2.75) is 20.4 Å². The summed E-state index contributed by atoms with van der Waals surface area (Å²) in [6.45, 7) is 5.88. The first-order valence-corrected chi connectivity index (χ1v) is 7.62. The lowest BCUT2D eigenvalue weighted by atomic mass is 10.1. The summed E-state index contributed by atoms with van der Waals surface area (Å²) in [5.74, 6) is 0.293. The Morgan fingerprint density at radius 1 is 1.42 bits per heavy atom. The highest BCUT2D eigenvalue weighted by molar-refractivity contribution is 9.10. The Morgan fingerprint density at radius 2 is 2.21 bits per heavy atom. The number of halogens is 2. The van der Waals surface area contributed by atoms with E-state index in [2.05, 4.69) is 44.7 Å². The molecule has 0 radical (unpaired) electrons. The third-order valence-corrected chi connectivity index (χ3v) is 3.79. The fourth-order valence-corrected chi connectivity index (χ4v) is 2.64. The molecule has 0 atom stereocenters. The smallest absolute Gasteiger partial charge is 0.133 e. The van der Waals surface area contributed by atoms with E-state index in [1.807, 2.05) is 6.07 Å². The van der Waals surface area contributed by atoms with Crippen molar-refractivity contribution in [2.75, 3.05) is 6.54 Å². The van der Waals surface area contributed by atoms with Crippen LogP contribution in [-0.2, 0) is 6.54 Å². The standard InChI is InChI=1S/C13H15BrFN3S/c1-8(2)6-16-7-12-13(17-18-19-12)10-4-3-9(14)5-11(10)15/h3-5,8,16H,6-7H2,1-2H3. The van der Waals surface area contributed by atoms with Gasteiger partial charge in [0.1, 0.15) is 11.5 Å². The average Bonchev–Trinajstić information content (AvgIpc) is 2.77. The summed E-state index contributed by atoms with van der Waals surface area (Å²) < 4.78 is 18.6. The lowest BCUT2D eigenvalue weighted by Crippen LogP contribution is -2.18. The first-order chi connectivity index (χ1) is 9.08. The van der Waals surface area contributed by atoms with Crippen molar-refractivity contribution in [3.05, 3.63) is 33.4 Å². The number of hydrogen-bond donors (Lipinski definition) is 1. The van der Waals surface area contributed by atoms with Crippen molar-refractivity contribution in [1.82, 2.24) is 14.9 Å². The van der Waals surface area contributed by atoms with Crippen molar-refractivity contribution in [2.24, 2.45) is 5.92 Å². The Balaban J connectivity index is 2.19. The monoisotopic (exact) mass is 343 g/mol. The first-order valence-electron chi connectivity index (χ1n) is 6.05. The highest BCUT2D eigenvalue weighted by Crippen LogP contribution is 2.28. The predicted molar refractivity (Wildman–Crippen MR) is 79.5 cm³/mol. The summed E-state index contributed by atoms with van der Waals surface area (Å²) in [7, 11) is 0. The lowest BCUT2D eigenvalue weighted by Gasteiger charge is -2.07. The molecule has 0 aliphatic rings. The van der Waals surface area contributed by atoms with E-state index in [1.165, 1.54) is 17.6 Å². The normalized spacial score (nSPS) is 11.2. The van der Waals surface area contributed by atoms with E-state index in [-0.39, 0.29) is 5.82 Å². The molecule has 0 fully saturated rings. The lowest BCUT2D eigenvalue weighted by molar-refractivity contribution is 0.554. The zero-order valence-electron chi connectivity index (χ0n) is 10.8. The SMILES string of the molecule is CC(C)CNCc1snnc1-c1ccc(Br)cc1F. The average molecular weight is 344 g/mol. The molecular weight excluding hydrogens is 329 g/mol. The van der Waals surface area contributed by atoms with Crippen molar-refractivity contribution in [1.29, 1.82) is 0 Å². The molecule has 0 amide bonds. The van der Waals surface area contributed by atoms with Gasteiger partial charge in [-0.25, -0.2) is 4.39 Å². The molecule has 0 aliphatic carbocycles. The van der Waals surface area contributed by atoms with Gasteiger partial charge in [0.25, 0.3) is 0 Å². The molecule has 2 aromatic rings. The van der Waals surface area contributed by atoms with E-state index in [1.54, 1.807) is 6.07 Å². The van der Waals surface area contributed by atoms with E-state index in [4.69, 9.17) is 0 Å². The van der Waals surface area contributed by atoms with E-state index in [0.717, 1.165) is 15.9 Å². The largest absolute Gasteiger partial charge is 0.311 e. The molecule has 1 aromatic heterocycles. The van der Waals surface area contributed by atoms with Gasteiger partial charge in [-0.15, -0.1) is 5.10 Å². The van der Waals surface area contributed by atoms with Gasteiger partial charge in [0, 0.05) is 16.6 Å². The summed E-state index contributed by atoms with van der Waals surface area (Å²) in [5.41, 5.74) is 1.13. The van der Waals surface area contributed by atoms with Crippen LogP contribution in [0.1, 0.15) is 18.7 Å². The van der Waals surface area contributed by atoms with E-state index < -0.39 is 0 Å². The second-order valence-corrected chi connectivity index (χ2v) is 6.45. The van der Waals surface area contributed by atoms with E-state index >= 15 is 0 Å². The Kier molecular flexibility index (Phi) is 5.01. The molecule has 1 N–H and O–H groups in total. The van der Waals surface area contributed by atoms with Gasteiger partial charge < -0.3 is 5.32 Å². The topological polar surface area (TPSA) is 37.8 Å². The fraction of sp³-hybridized carbons (Fsp3) is 0.385. The molecule has 3 nitrogen and oxygen atoms in total. The van der Waals surface area contributed by atoms with Crippen LogP contribution < -0.4 is 5.32 Å². The Morgan fingerprint density at radius 3 is 2.89 bits per heavy atom. The molecule has 102 valence electrons. The quantitative estimate of drug-likeness (QED) is 0.895. The summed E-state index contributed by atoms with van der Waals surface area (Å²) in [4.78, 5) is 0.960. The Bertz CT molecular complexity index is 557. The molecule has 0 spiro atoms. The first kappa shape index (κ1) is 14.6. The fourth-order valence-electron chi connectivity index (χ4n) is 1.69. The van der Waals surface area contributed by atoms with Gasteiger partial charge in [0.15, 0.2) is 0 Å². The van der Waals surface area contributed by atoms with Gasteiger partial charge in [-0.2, -0.15) is 0 Å². The summed E-state index contributed by atoms with van der Waals surface area (Å²) in [6.07, 6.45) is 0. The third-order valence-electron chi connectivity index (χ3n) is 2.58. The molecule has 0 bridgehead atoms. The number of hydrogen-bond acceptors (Lipinski definition) is 4. The summed E-state index contributed by atoms with van der Waals surface area (Å²) >= 11 is 4.56. The number of rotatable bonds is 5. The highest BCUT2D eigenvalue weighted by atomic mass is 79.9. The number of nitrogens with zero attached hydrogens (tertiary/aromatic N) is 2. The molecule has 19 heavy (non-hydrogen) atoms. The molecule has 1 heterocycles. The van der Waals surface area contributed by atoms with Crippen LogP contribution in [-0.4, -0.2) is 16.1 Å². The summed E-state index contributed by atoms with van der Waals surface area (Å²) in [5, 5.41) is 7.37. The van der Waals surface area contributed by atoms with Gasteiger partial charge >= 0.3 is 0 Å². The molecule has 0 aliphatic heterocycles. The Hall–Kier alpha value is -0.850. The maximum atomic E-state index is 13.9. The van der Waals surface area contributed by atoms with Gasteiger partial charge in [-0.05, 0) is 42.2 Å². The van der Waals surface area contributed by atoms with Crippen LogP contribution in [0.3, 0.4) is 0 Å². The molecule has 6 heteroatoms. The van der Waals surface area contributed by atoms with Crippen LogP contribution in [0.2, 0.25) is 0 Å². The van der Waals surface area contributed by atoms with Crippen molar-refractivity contribution in [3.8, 4) is 11.3 Å². The minimum absolute atomic E-state index is 0.285. The van der Waals surface area contributed by atoms with Crippen molar-refractivity contribution in [3.63, 3.8) is 0 Å². The molecule has 2 rings (SSSR count). The number of benzene rings is 1. The van der Waals surface area contributed by atoms with Crippen LogP contribution in [0.15, 0.2) is 22.7 Å². The third kappa shape index (κ3) is 3.81. The van der Waals surface area contributed by atoms with Gasteiger partial charge in [0.2, 0.25) is 0 Å². The van der Waals surface area contributed by atoms with Crippen LogP contribution in [0.5, 0.6) is 0 Å². The molecule has 1 aromatic carbocycles. The van der Waals surface area contributed by atoms with Crippen LogP contribution >= 0.6 is 27.5 Å². The molecule has 0 saturated heterocycles. The van der Waals surface area contributed by atoms with Crippen molar-refractivity contribution >= 4 is 27.5 Å². The highest BCUT2D eigenvalue weighted by Gasteiger charge is 2.14. The van der Waals surface area contributed by atoms with Crippen molar-refractivity contribution < 1.29 is 4.39 Å². The van der Waals surface area contributed by atoms with Crippen LogP contribution in [0.4, 0.5) is 4.39 Å². The molecule has 0 unspecified atom stereocenters. The second kappa shape index (κ2) is 6.54. The number of aromatic nitrogens is 2. The second-order valence-electron chi connectivity index (χ2n) is 4.69. The van der Waals surface area contributed by atoms with Gasteiger partial charge in [0.05, 0.1) is 4.88 Å². The Labute approximate surface area is 124 Å². The van der Waals surface area contributed by atoms with Gasteiger partial charge in [-0.1, -0.05) is 34.3 Å². The van der Waals surface area contributed by atoms with E-state index in [0.29, 0.717) is 23.7 Å². The van der Waals surface area contributed by atoms with Crippen LogP contribution in [0, 0.1) is 11.7 Å². The van der Waals surface area contributed by atoms with Gasteiger partial charge in [-0.3, -0.25) is 0 Å². The minimum atomic E-state index is -0.285. The van der Waals surface area contributed by atoms with E-state index in [9.17, 15) is 4.39 Å². The maximum absolute atomic E-state index is 13.9. The zero-order chi connectivity index (χ0) is 13.8. The molecular formula is C13H15BrFN3S. The predicted octanol–water partition coefficient (Wildman–Crippen LogP) is 3.85. The molecule has 0 saturated carbocycles. The van der Waals surface area contributed by atoms with Crippen LogP contribution in [0.25, 0.3) is 11.3 Å². The minimum Gasteiger partial charge on any atom is -0.311 e. The summed E-state index contributed by atoms with van der Waals surface area (Å²) in [6, 6.07) is 4.98. The number of nitrogens with one attached hydrogen (secondary N) is 1. The maximum Gasteiger partial charge on any atom is 0.133 e. The zero-order valence-corrected chi connectivity index (χ0v) is 13.2.